The van der Waals surface area contributed by atoms with E-state index in [9.17, 15) is 14.0 Å². The molecular weight excluding hydrogens is 357 g/mol. The second-order valence-electron chi connectivity index (χ2n) is 5.50. The fraction of sp³-hybridized carbons (Fsp3) is 0.167. The van der Waals surface area contributed by atoms with Crippen LogP contribution in [0.25, 0.3) is 0 Å². The molecule has 1 aliphatic heterocycles. The first kappa shape index (κ1) is 17.9. The van der Waals surface area contributed by atoms with Crippen LogP contribution >= 0.6 is 11.8 Å². The number of halogens is 1. The fourth-order valence-electron chi connectivity index (χ4n) is 2.26. The second-order valence-corrected chi connectivity index (χ2v) is 6.52. The summed E-state index contributed by atoms with van der Waals surface area (Å²) in [6.07, 6.45) is 0. The molecule has 2 N–H and O–H groups in total. The Kier molecular flexibility index (Phi) is 5.52. The number of fused-ring (bicyclic) bond motifs is 1. The van der Waals surface area contributed by atoms with Crippen molar-refractivity contribution in [1.29, 1.82) is 0 Å². The minimum atomic E-state index is -0.358. The fourth-order valence-corrected chi connectivity index (χ4v) is 2.99. The maximum absolute atomic E-state index is 13.5. The number of nitrogens with zero attached hydrogens (tertiary/aromatic N) is 1. The number of benzene rings is 2. The molecule has 1 aliphatic rings. The molecule has 0 aliphatic carbocycles. The van der Waals surface area contributed by atoms with Crippen LogP contribution in [0.2, 0.25) is 0 Å². The van der Waals surface area contributed by atoms with Gasteiger partial charge in [-0.05, 0) is 42.8 Å². The summed E-state index contributed by atoms with van der Waals surface area (Å²) in [5, 5.41) is 6.77. The van der Waals surface area contributed by atoms with Gasteiger partial charge in [0.25, 0.3) is 5.91 Å². The average molecular weight is 373 g/mol. The lowest BCUT2D eigenvalue weighted by molar-refractivity contribution is -0.119. The smallest absolute Gasteiger partial charge is 0.262 e. The summed E-state index contributed by atoms with van der Waals surface area (Å²) in [5.74, 6) is -0.282. The number of rotatable bonds is 5. The number of hydrazone groups is 1. The van der Waals surface area contributed by atoms with E-state index in [1.54, 1.807) is 43.3 Å². The van der Waals surface area contributed by atoms with Gasteiger partial charge in [0.15, 0.2) is 6.61 Å². The topological polar surface area (TPSA) is 79.8 Å². The van der Waals surface area contributed by atoms with Crippen LogP contribution in [0.1, 0.15) is 12.5 Å². The summed E-state index contributed by atoms with van der Waals surface area (Å²) in [5.41, 5.74) is 4.31. The molecule has 8 heteroatoms. The highest BCUT2D eigenvalue weighted by Gasteiger charge is 2.16. The van der Waals surface area contributed by atoms with Gasteiger partial charge in [-0.2, -0.15) is 5.10 Å². The normalized spacial score (nSPS) is 13.5. The van der Waals surface area contributed by atoms with Crippen LogP contribution in [0, 0.1) is 5.82 Å². The maximum atomic E-state index is 13.5. The molecule has 3 rings (SSSR count). The number of hydrogen-bond donors (Lipinski definition) is 2. The minimum absolute atomic E-state index is 0.00481. The van der Waals surface area contributed by atoms with Gasteiger partial charge in [0.1, 0.15) is 11.6 Å². The highest BCUT2D eigenvalue weighted by atomic mass is 32.2. The highest BCUT2D eigenvalue weighted by molar-refractivity contribution is 8.00. The lowest BCUT2D eigenvalue weighted by atomic mass is 10.1. The Labute approximate surface area is 153 Å². The molecule has 6 nitrogen and oxygen atoms in total. The summed E-state index contributed by atoms with van der Waals surface area (Å²) >= 11 is 1.10. The summed E-state index contributed by atoms with van der Waals surface area (Å²) in [7, 11) is 0. The van der Waals surface area contributed by atoms with Gasteiger partial charge in [-0.1, -0.05) is 12.1 Å². The quantitative estimate of drug-likeness (QED) is 0.480. The van der Waals surface area contributed by atoms with Gasteiger partial charge in [-0.3, -0.25) is 9.59 Å². The third kappa shape index (κ3) is 4.40. The Morgan fingerprint density at radius 3 is 2.96 bits per heavy atom. The minimum Gasteiger partial charge on any atom is -0.482 e. The number of carbonyl (C=O) groups is 2. The largest absolute Gasteiger partial charge is 0.482 e. The number of ether oxygens (including phenoxy) is 1. The SMILES string of the molecule is C/C(=N/NC(=O)CSc1ccccc1F)c1ccc2c(c1)NC(=O)CO2. The third-order valence-corrected chi connectivity index (χ3v) is 4.62. The Morgan fingerprint density at radius 2 is 2.15 bits per heavy atom. The van der Waals surface area contributed by atoms with Crippen molar-refractivity contribution < 1.29 is 18.7 Å². The van der Waals surface area contributed by atoms with Gasteiger partial charge in [-0.15, -0.1) is 11.8 Å². The number of thioether (sulfide) groups is 1. The van der Waals surface area contributed by atoms with Crippen LogP contribution in [-0.4, -0.2) is 29.9 Å². The standard InChI is InChI=1S/C18H16FN3O3S/c1-11(12-6-7-15-14(8-12)20-17(23)9-25-15)21-22-18(24)10-26-16-5-3-2-4-13(16)19/h2-8H,9-10H2,1H3,(H,20,23)(H,22,24)/b21-11-. The maximum Gasteiger partial charge on any atom is 0.262 e. The summed E-state index contributed by atoms with van der Waals surface area (Å²) in [4.78, 5) is 23.7. The molecule has 0 aromatic heterocycles. The van der Waals surface area contributed by atoms with Gasteiger partial charge in [0.2, 0.25) is 5.91 Å². The average Bonchev–Trinajstić information content (AvgIpc) is 2.64. The van der Waals surface area contributed by atoms with Crippen molar-refractivity contribution in [2.45, 2.75) is 11.8 Å². The summed E-state index contributed by atoms with van der Waals surface area (Å²) < 4.78 is 18.8. The van der Waals surface area contributed by atoms with Gasteiger partial charge in [0, 0.05) is 4.90 Å². The van der Waals surface area contributed by atoms with Gasteiger partial charge in [0.05, 0.1) is 17.2 Å². The molecule has 0 unspecified atom stereocenters. The Bertz CT molecular complexity index is 886. The molecule has 0 saturated carbocycles. The van der Waals surface area contributed by atoms with Crippen molar-refractivity contribution in [3.8, 4) is 5.75 Å². The lowest BCUT2D eigenvalue weighted by Gasteiger charge is -2.18. The van der Waals surface area contributed by atoms with Crippen LogP contribution in [0.3, 0.4) is 0 Å². The molecule has 0 spiro atoms. The molecule has 134 valence electrons. The zero-order chi connectivity index (χ0) is 18.5. The number of carbonyl (C=O) groups excluding carboxylic acids is 2. The molecule has 0 bridgehead atoms. The second kappa shape index (κ2) is 8.01. The van der Waals surface area contributed by atoms with Gasteiger partial charge < -0.3 is 10.1 Å². The molecule has 0 saturated heterocycles. The first-order valence-corrected chi connectivity index (χ1v) is 8.79. The monoisotopic (exact) mass is 373 g/mol. The zero-order valence-electron chi connectivity index (χ0n) is 13.9. The number of amides is 2. The third-order valence-electron chi connectivity index (χ3n) is 3.57. The van der Waals surface area contributed by atoms with E-state index in [1.807, 2.05) is 0 Å². The molecule has 0 atom stereocenters. The van der Waals surface area contributed by atoms with Crippen LogP contribution < -0.4 is 15.5 Å². The first-order chi connectivity index (χ1) is 12.5. The molecule has 0 radical (unpaired) electrons. The van der Waals surface area contributed by atoms with E-state index < -0.39 is 0 Å². The van der Waals surface area contributed by atoms with Crippen molar-refractivity contribution in [2.75, 3.05) is 17.7 Å². The predicted molar refractivity (Wildman–Crippen MR) is 98.0 cm³/mol. The van der Waals surface area contributed by atoms with Crippen molar-refractivity contribution in [3.05, 3.63) is 53.8 Å². The predicted octanol–water partition coefficient (Wildman–Crippen LogP) is 2.79. The Balaban J connectivity index is 1.59. The van der Waals surface area contributed by atoms with E-state index in [-0.39, 0.29) is 30.0 Å². The van der Waals surface area contributed by atoms with Crippen LogP contribution in [-0.2, 0) is 9.59 Å². The van der Waals surface area contributed by atoms with E-state index in [2.05, 4.69) is 15.8 Å². The Hall–Kier alpha value is -2.87. The molecular formula is C18H16FN3O3S. The van der Waals surface area contributed by atoms with Gasteiger partial charge >= 0.3 is 0 Å². The van der Waals surface area contributed by atoms with Crippen molar-refractivity contribution >= 4 is 35.0 Å². The van der Waals surface area contributed by atoms with E-state index in [1.165, 1.54) is 6.07 Å². The molecule has 0 fully saturated rings. The molecule has 2 aromatic carbocycles. The van der Waals surface area contributed by atoms with E-state index >= 15 is 0 Å². The number of anilines is 1. The van der Waals surface area contributed by atoms with Crippen molar-refractivity contribution in [1.82, 2.24) is 5.43 Å². The Morgan fingerprint density at radius 1 is 1.35 bits per heavy atom. The highest BCUT2D eigenvalue weighted by Crippen LogP contribution is 2.28. The first-order valence-electron chi connectivity index (χ1n) is 7.80. The molecule has 2 amide bonds. The summed E-state index contributed by atoms with van der Waals surface area (Å²) in [6, 6.07) is 11.5. The number of nitrogens with one attached hydrogen (secondary N) is 2. The van der Waals surface area contributed by atoms with E-state index in [4.69, 9.17) is 4.74 Å². The van der Waals surface area contributed by atoms with Crippen LogP contribution in [0.4, 0.5) is 10.1 Å². The van der Waals surface area contributed by atoms with Gasteiger partial charge in [-0.25, -0.2) is 9.82 Å². The molecule has 1 heterocycles. The molecule has 2 aromatic rings. The van der Waals surface area contributed by atoms with Crippen LogP contribution in [0.5, 0.6) is 5.75 Å². The molecule has 26 heavy (non-hydrogen) atoms. The van der Waals surface area contributed by atoms with Crippen LogP contribution in [0.15, 0.2) is 52.5 Å². The van der Waals surface area contributed by atoms with Crippen molar-refractivity contribution in [3.63, 3.8) is 0 Å². The lowest BCUT2D eigenvalue weighted by Crippen LogP contribution is -2.25. The number of hydrogen-bond acceptors (Lipinski definition) is 5. The van der Waals surface area contributed by atoms with Crippen molar-refractivity contribution in [2.24, 2.45) is 5.10 Å². The zero-order valence-corrected chi connectivity index (χ0v) is 14.7. The summed E-state index contributed by atoms with van der Waals surface area (Å²) in [6.45, 7) is 1.73. The van der Waals surface area contributed by atoms with E-state index in [0.717, 1.165) is 17.3 Å². The van der Waals surface area contributed by atoms with E-state index in [0.29, 0.717) is 22.0 Å².